The number of benzene rings is 1. The molecule has 0 aromatic heterocycles. The van der Waals surface area contributed by atoms with E-state index >= 15 is 0 Å². The first-order chi connectivity index (χ1) is 8.75. The molecule has 19 heavy (non-hydrogen) atoms. The molecule has 1 rings (SSSR count). The molecule has 104 valence electrons. The molecule has 0 bridgehead atoms. The lowest BCUT2D eigenvalue weighted by Crippen LogP contribution is -2.53. The summed E-state index contributed by atoms with van der Waals surface area (Å²) in [6.07, 6.45) is -4.38. The summed E-state index contributed by atoms with van der Waals surface area (Å²) in [5.74, 6) is 0. The highest BCUT2D eigenvalue weighted by atomic mass is 19.4. The Bertz CT molecular complexity index is 463. The third-order valence-corrected chi connectivity index (χ3v) is 2.80. The quantitative estimate of drug-likeness (QED) is 0.914. The molecule has 3 nitrogen and oxygen atoms in total. The van der Waals surface area contributed by atoms with Gasteiger partial charge in [0.1, 0.15) is 6.04 Å². The number of rotatable bonds is 4. The summed E-state index contributed by atoms with van der Waals surface area (Å²) in [7, 11) is 1.38. The maximum absolute atomic E-state index is 12.9. The number of hydrogen-bond acceptors (Lipinski definition) is 3. The van der Waals surface area contributed by atoms with Crippen molar-refractivity contribution in [1.29, 1.82) is 5.26 Å². The maximum atomic E-state index is 12.9. The molecular weight excluding hydrogens is 255 g/mol. The van der Waals surface area contributed by atoms with Gasteiger partial charge in [-0.1, -0.05) is 12.1 Å². The third-order valence-electron chi connectivity index (χ3n) is 2.80. The Hall–Kier alpha value is -1.58. The minimum atomic E-state index is -4.38. The van der Waals surface area contributed by atoms with Crippen LogP contribution in [0.25, 0.3) is 0 Å². The van der Waals surface area contributed by atoms with Crippen LogP contribution in [0.1, 0.15) is 18.1 Å². The summed E-state index contributed by atoms with van der Waals surface area (Å²) >= 11 is 0. The number of hydrogen-bond donors (Lipinski definition) is 1. The molecule has 0 saturated carbocycles. The first-order valence-corrected chi connectivity index (χ1v) is 5.77. The Morgan fingerprint density at radius 2 is 2.05 bits per heavy atom. The van der Waals surface area contributed by atoms with Crippen molar-refractivity contribution in [3.63, 3.8) is 0 Å². The fourth-order valence-corrected chi connectivity index (χ4v) is 2.07. The van der Waals surface area contributed by atoms with E-state index in [1.807, 2.05) is 6.07 Å². The molecule has 0 fully saturated rings. The predicted molar refractivity (Wildman–Crippen MR) is 66.1 cm³/mol. The van der Waals surface area contributed by atoms with Gasteiger partial charge in [0.25, 0.3) is 0 Å². The van der Waals surface area contributed by atoms with Gasteiger partial charge in [-0.2, -0.15) is 18.4 Å². The average molecular weight is 271 g/mol. The summed E-state index contributed by atoms with van der Waals surface area (Å²) in [5.41, 5.74) is 6.50. The third kappa shape index (κ3) is 4.23. The molecule has 1 aromatic carbocycles. The average Bonchev–Trinajstić information content (AvgIpc) is 2.26. The lowest BCUT2D eigenvalue weighted by atomic mass is 10.1. The highest BCUT2D eigenvalue weighted by molar-refractivity contribution is 5.32. The van der Waals surface area contributed by atoms with E-state index in [0.29, 0.717) is 11.1 Å². The van der Waals surface area contributed by atoms with Gasteiger partial charge in [0.2, 0.25) is 0 Å². The van der Waals surface area contributed by atoms with Gasteiger partial charge in [0.05, 0.1) is 11.6 Å². The standard InChI is InChI=1S/C13H16F3N3/c1-9(18)12(13(14,15)16)19(2)8-11-5-3-4-10(6-11)7-17/h3-6,9,12H,8,18H2,1-2H3. The van der Waals surface area contributed by atoms with Crippen LogP contribution in [0.3, 0.4) is 0 Å². The molecule has 2 atom stereocenters. The maximum Gasteiger partial charge on any atom is 0.405 e. The Labute approximate surface area is 110 Å². The van der Waals surface area contributed by atoms with E-state index in [-0.39, 0.29) is 6.54 Å². The van der Waals surface area contributed by atoms with Gasteiger partial charge in [-0.25, -0.2) is 0 Å². The highest BCUT2D eigenvalue weighted by Crippen LogP contribution is 2.27. The second kappa shape index (κ2) is 6.04. The number of likely N-dealkylation sites (N-methyl/N-ethyl adjacent to an activating group) is 1. The second-order valence-electron chi connectivity index (χ2n) is 4.57. The van der Waals surface area contributed by atoms with Crippen molar-refractivity contribution in [2.24, 2.45) is 5.73 Å². The zero-order chi connectivity index (χ0) is 14.6. The molecule has 0 aliphatic carbocycles. The van der Waals surface area contributed by atoms with Gasteiger partial charge in [-0.15, -0.1) is 0 Å². The fraction of sp³-hybridized carbons (Fsp3) is 0.462. The van der Waals surface area contributed by atoms with Crippen molar-refractivity contribution in [2.75, 3.05) is 7.05 Å². The summed E-state index contributed by atoms with van der Waals surface area (Å²) in [6, 6.07) is 5.74. The number of nitrogens with zero attached hydrogens (tertiary/aromatic N) is 2. The predicted octanol–water partition coefficient (Wildman–Crippen LogP) is 2.27. The minimum Gasteiger partial charge on any atom is -0.326 e. The Balaban J connectivity index is 2.88. The van der Waals surface area contributed by atoms with E-state index in [4.69, 9.17) is 11.0 Å². The lowest BCUT2D eigenvalue weighted by molar-refractivity contribution is -0.186. The van der Waals surface area contributed by atoms with Crippen molar-refractivity contribution in [1.82, 2.24) is 4.90 Å². The van der Waals surface area contributed by atoms with E-state index in [9.17, 15) is 13.2 Å². The molecule has 0 aliphatic heterocycles. The van der Waals surface area contributed by atoms with Crippen LogP contribution >= 0.6 is 0 Å². The molecular formula is C13H16F3N3. The van der Waals surface area contributed by atoms with Crippen molar-refractivity contribution in [3.05, 3.63) is 35.4 Å². The summed E-state index contributed by atoms with van der Waals surface area (Å²) in [5, 5.41) is 8.76. The van der Waals surface area contributed by atoms with Crippen LogP contribution in [0.5, 0.6) is 0 Å². The van der Waals surface area contributed by atoms with Crippen LogP contribution in [0.2, 0.25) is 0 Å². The first kappa shape index (κ1) is 15.5. The van der Waals surface area contributed by atoms with Crippen molar-refractivity contribution >= 4 is 0 Å². The fourth-order valence-electron chi connectivity index (χ4n) is 2.07. The first-order valence-electron chi connectivity index (χ1n) is 5.77. The topological polar surface area (TPSA) is 53.0 Å². The molecule has 2 unspecified atom stereocenters. The molecule has 0 amide bonds. The Kier molecular flexibility index (Phi) is 4.92. The molecule has 0 saturated heterocycles. The van der Waals surface area contributed by atoms with Crippen LogP contribution in [-0.2, 0) is 6.54 Å². The molecule has 0 spiro atoms. The van der Waals surface area contributed by atoms with Crippen LogP contribution < -0.4 is 5.73 Å². The van der Waals surface area contributed by atoms with Gasteiger partial charge in [-0.3, -0.25) is 4.90 Å². The molecule has 0 heterocycles. The lowest BCUT2D eigenvalue weighted by Gasteiger charge is -2.32. The monoisotopic (exact) mass is 271 g/mol. The second-order valence-corrected chi connectivity index (χ2v) is 4.57. The zero-order valence-electron chi connectivity index (χ0n) is 10.8. The van der Waals surface area contributed by atoms with Gasteiger partial charge in [-0.05, 0) is 31.7 Å². The van der Waals surface area contributed by atoms with E-state index in [2.05, 4.69) is 0 Å². The normalized spacial score (nSPS) is 15.1. The molecule has 0 aliphatic rings. The van der Waals surface area contributed by atoms with Crippen molar-refractivity contribution in [2.45, 2.75) is 31.7 Å². The van der Waals surface area contributed by atoms with Crippen LogP contribution in [0.15, 0.2) is 24.3 Å². The van der Waals surface area contributed by atoms with Gasteiger partial charge in [0, 0.05) is 12.6 Å². The zero-order valence-corrected chi connectivity index (χ0v) is 10.8. The Morgan fingerprint density at radius 3 is 2.53 bits per heavy atom. The summed E-state index contributed by atoms with van der Waals surface area (Å²) in [4.78, 5) is 1.15. The van der Waals surface area contributed by atoms with Crippen LogP contribution in [-0.4, -0.2) is 30.2 Å². The van der Waals surface area contributed by atoms with Crippen LogP contribution in [0, 0.1) is 11.3 Å². The van der Waals surface area contributed by atoms with Gasteiger partial charge >= 0.3 is 6.18 Å². The smallest absolute Gasteiger partial charge is 0.326 e. The van der Waals surface area contributed by atoms with Gasteiger partial charge < -0.3 is 5.73 Å². The number of halogens is 3. The minimum absolute atomic E-state index is 0.0846. The van der Waals surface area contributed by atoms with Gasteiger partial charge in [0.15, 0.2) is 0 Å². The van der Waals surface area contributed by atoms with Crippen molar-refractivity contribution in [3.8, 4) is 6.07 Å². The van der Waals surface area contributed by atoms with E-state index in [1.165, 1.54) is 14.0 Å². The Morgan fingerprint density at radius 1 is 1.42 bits per heavy atom. The molecule has 2 N–H and O–H groups in total. The summed E-state index contributed by atoms with van der Waals surface area (Å²) in [6.45, 7) is 1.42. The number of nitriles is 1. The number of alkyl halides is 3. The largest absolute Gasteiger partial charge is 0.405 e. The SMILES string of the molecule is CC(N)C(N(C)Cc1cccc(C#N)c1)C(F)(F)F. The van der Waals surface area contributed by atoms with E-state index in [0.717, 1.165) is 4.90 Å². The number of nitrogens with two attached hydrogens (primary N) is 1. The molecule has 6 heteroatoms. The highest BCUT2D eigenvalue weighted by Gasteiger charge is 2.44. The van der Waals surface area contributed by atoms with Crippen molar-refractivity contribution < 1.29 is 13.2 Å². The molecule has 1 aromatic rings. The van der Waals surface area contributed by atoms with E-state index < -0.39 is 18.3 Å². The molecule has 0 radical (unpaired) electrons. The van der Waals surface area contributed by atoms with Crippen LogP contribution in [0.4, 0.5) is 13.2 Å². The van der Waals surface area contributed by atoms with E-state index in [1.54, 1.807) is 24.3 Å². The summed E-state index contributed by atoms with van der Waals surface area (Å²) < 4.78 is 38.7.